The second-order valence-electron chi connectivity index (χ2n) is 8.37. The van der Waals surface area contributed by atoms with Gasteiger partial charge in [-0.15, -0.1) is 0 Å². The monoisotopic (exact) mass is 426 g/mol. The topological polar surface area (TPSA) is 26.3 Å². The molecular formula is C24H26O2Se. The third-order valence-electron chi connectivity index (χ3n) is 5.49. The molecule has 2 nitrogen and oxygen atoms in total. The van der Waals surface area contributed by atoms with Crippen molar-refractivity contribution < 1.29 is 9.53 Å². The molecule has 3 rings (SSSR count). The van der Waals surface area contributed by atoms with Gasteiger partial charge in [-0.25, -0.2) is 0 Å². The summed E-state index contributed by atoms with van der Waals surface area (Å²) in [5, 5.41) is 0. The maximum atomic E-state index is 11.5. The van der Waals surface area contributed by atoms with Gasteiger partial charge in [-0.3, -0.25) is 0 Å². The molecule has 0 N–H and O–H groups in total. The van der Waals surface area contributed by atoms with E-state index in [0.29, 0.717) is 5.56 Å². The normalized spacial score (nSPS) is 16.6. The summed E-state index contributed by atoms with van der Waals surface area (Å²) in [6.45, 7) is 9.41. The molecule has 0 saturated heterocycles. The van der Waals surface area contributed by atoms with Crippen LogP contribution in [-0.2, 0) is 15.6 Å². The Labute approximate surface area is 168 Å². The number of hydrogen-bond acceptors (Lipinski definition) is 2. The van der Waals surface area contributed by atoms with E-state index in [-0.39, 0.29) is 31.8 Å². The van der Waals surface area contributed by atoms with Crippen LogP contribution in [0.4, 0.5) is 0 Å². The number of ether oxygens (including phenoxy) is 1. The van der Waals surface area contributed by atoms with Gasteiger partial charge in [0.2, 0.25) is 0 Å². The summed E-state index contributed by atoms with van der Waals surface area (Å²) in [7, 11) is 1.39. The van der Waals surface area contributed by atoms with Crippen LogP contribution in [0.2, 0.25) is 0 Å². The minimum absolute atomic E-state index is 0.105. The average Bonchev–Trinajstić information content (AvgIpc) is 2.65. The van der Waals surface area contributed by atoms with Gasteiger partial charge < -0.3 is 0 Å². The van der Waals surface area contributed by atoms with Crippen LogP contribution >= 0.6 is 0 Å². The van der Waals surface area contributed by atoms with Crippen LogP contribution in [-0.4, -0.2) is 28.0 Å². The van der Waals surface area contributed by atoms with Crippen LogP contribution in [0, 0.1) is 10.7 Å². The van der Waals surface area contributed by atoms with Gasteiger partial charge in [-0.05, 0) is 0 Å². The Bertz CT molecular complexity index is 912. The van der Waals surface area contributed by atoms with E-state index in [4.69, 9.17) is 4.74 Å². The fraction of sp³-hybridized carbons (Fsp3) is 0.375. The molecule has 1 aliphatic carbocycles. The van der Waals surface area contributed by atoms with E-state index >= 15 is 0 Å². The first kappa shape index (κ1) is 19.7. The Morgan fingerprint density at radius 2 is 1.59 bits per heavy atom. The van der Waals surface area contributed by atoms with Gasteiger partial charge in [0, 0.05) is 0 Å². The first-order valence-electron chi connectivity index (χ1n) is 9.24. The fourth-order valence-corrected chi connectivity index (χ4v) is 4.84. The number of benzene rings is 2. The van der Waals surface area contributed by atoms with E-state index < -0.39 is 0 Å². The van der Waals surface area contributed by atoms with Crippen LogP contribution in [0.3, 0.4) is 0 Å². The number of esters is 1. The van der Waals surface area contributed by atoms with Gasteiger partial charge in [0.1, 0.15) is 0 Å². The van der Waals surface area contributed by atoms with E-state index in [1.54, 1.807) is 12.1 Å². The Kier molecular flexibility index (Phi) is 5.52. The molecule has 0 bridgehead atoms. The van der Waals surface area contributed by atoms with Crippen LogP contribution in [0.5, 0.6) is 0 Å². The summed E-state index contributed by atoms with van der Waals surface area (Å²) in [5.41, 5.74) is 4.93. The molecule has 0 atom stereocenters. The minimum atomic E-state index is -0.321. The van der Waals surface area contributed by atoms with Crippen LogP contribution < -0.4 is 4.46 Å². The van der Waals surface area contributed by atoms with E-state index in [1.165, 1.54) is 35.5 Å². The Balaban J connectivity index is 1.78. The van der Waals surface area contributed by atoms with Crippen LogP contribution in [0.15, 0.2) is 42.5 Å². The molecule has 2 aromatic rings. The average molecular weight is 425 g/mol. The summed E-state index contributed by atoms with van der Waals surface area (Å²) >= 11 is 0.105. The van der Waals surface area contributed by atoms with Crippen molar-refractivity contribution in [1.82, 2.24) is 0 Å². The van der Waals surface area contributed by atoms with Crippen molar-refractivity contribution >= 4 is 25.4 Å². The van der Waals surface area contributed by atoms with Crippen molar-refractivity contribution in [1.29, 1.82) is 0 Å². The van der Waals surface area contributed by atoms with Crippen LogP contribution in [0.25, 0.3) is 0 Å². The van der Waals surface area contributed by atoms with Gasteiger partial charge in [-0.1, -0.05) is 0 Å². The van der Waals surface area contributed by atoms with Crippen molar-refractivity contribution in [2.45, 2.75) is 51.4 Å². The standard InChI is InChI=1S/C24H26O2Se/c1-23(2)13-14-24(3,4)21-16-19(10-11-20(21)23)27-15-12-17-6-8-18(9-7-17)22(25)26-5/h6-11,16H,13-14H2,1-5H3. The molecule has 0 amide bonds. The quantitative estimate of drug-likeness (QED) is 0.410. The molecule has 140 valence electrons. The van der Waals surface area contributed by atoms with Crippen molar-refractivity contribution in [2.75, 3.05) is 7.11 Å². The zero-order valence-corrected chi connectivity index (χ0v) is 18.4. The third kappa shape index (κ3) is 4.29. The zero-order valence-electron chi connectivity index (χ0n) is 16.7. The van der Waals surface area contributed by atoms with Crippen molar-refractivity contribution in [3.8, 4) is 10.7 Å². The summed E-state index contributed by atoms with van der Waals surface area (Å²) in [6, 6.07) is 14.2. The van der Waals surface area contributed by atoms with Crippen LogP contribution in [0.1, 0.15) is 67.6 Å². The number of fused-ring (bicyclic) bond motifs is 1. The molecule has 0 saturated carbocycles. The summed E-state index contributed by atoms with van der Waals surface area (Å²) < 4.78 is 6.04. The maximum absolute atomic E-state index is 11.5. The fourth-order valence-electron chi connectivity index (χ4n) is 3.58. The van der Waals surface area contributed by atoms with Crippen molar-refractivity contribution in [3.63, 3.8) is 0 Å². The second kappa shape index (κ2) is 7.55. The summed E-state index contributed by atoms with van der Waals surface area (Å²) in [4.78, 5) is 14.8. The van der Waals surface area contributed by atoms with E-state index in [0.717, 1.165) is 5.56 Å². The molecule has 0 aliphatic heterocycles. The molecule has 2 aromatic carbocycles. The van der Waals surface area contributed by atoms with Gasteiger partial charge in [0.15, 0.2) is 0 Å². The molecule has 0 aromatic heterocycles. The molecule has 0 radical (unpaired) electrons. The predicted octanol–water partition coefficient (Wildman–Crippen LogP) is 4.16. The van der Waals surface area contributed by atoms with Crippen molar-refractivity contribution in [3.05, 3.63) is 64.7 Å². The zero-order chi connectivity index (χ0) is 19.7. The second-order valence-corrected chi connectivity index (χ2v) is 10.2. The molecule has 0 unspecified atom stereocenters. The van der Waals surface area contributed by atoms with Gasteiger partial charge >= 0.3 is 169 Å². The van der Waals surface area contributed by atoms with E-state index in [2.05, 4.69) is 56.6 Å². The Hall–Kier alpha value is -2.01. The van der Waals surface area contributed by atoms with Gasteiger partial charge in [0.05, 0.1) is 0 Å². The third-order valence-corrected chi connectivity index (χ3v) is 6.95. The number of rotatable bonds is 2. The SMILES string of the molecule is COC(=O)c1ccc(C#C[Se]c2ccc3c(c2)C(C)(C)CCC3(C)C)cc1. The molecule has 0 fully saturated rings. The van der Waals surface area contributed by atoms with E-state index in [9.17, 15) is 4.79 Å². The predicted molar refractivity (Wildman–Crippen MR) is 112 cm³/mol. The van der Waals surface area contributed by atoms with Gasteiger partial charge in [0.25, 0.3) is 0 Å². The molecular weight excluding hydrogens is 399 g/mol. The molecule has 27 heavy (non-hydrogen) atoms. The number of carbonyl (C=O) groups excluding carboxylic acids is 1. The summed E-state index contributed by atoms with van der Waals surface area (Å²) in [6.07, 6.45) is 2.46. The Morgan fingerprint density at radius 1 is 0.963 bits per heavy atom. The van der Waals surface area contributed by atoms with E-state index in [1.807, 2.05) is 12.1 Å². The van der Waals surface area contributed by atoms with Gasteiger partial charge in [-0.2, -0.15) is 0 Å². The molecule has 0 spiro atoms. The summed E-state index contributed by atoms with van der Waals surface area (Å²) in [5.74, 6) is 2.90. The van der Waals surface area contributed by atoms with Crippen molar-refractivity contribution in [2.24, 2.45) is 0 Å². The number of carbonyl (C=O) groups is 1. The molecule has 3 heteroatoms. The first-order chi connectivity index (χ1) is 12.7. The first-order valence-corrected chi connectivity index (χ1v) is 11.0. The number of methoxy groups -OCH3 is 1. The Morgan fingerprint density at radius 3 is 2.22 bits per heavy atom. The number of hydrogen-bond donors (Lipinski definition) is 0. The molecule has 0 heterocycles. The molecule has 1 aliphatic rings.